The van der Waals surface area contributed by atoms with E-state index in [1.54, 1.807) is 37.4 Å². The van der Waals surface area contributed by atoms with E-state index in [1.807, 2.05) is 29.2 Å². The van der Waals surface area contributed by atoms with Gasteiger partial charge in [0.05, 0.1) is 18.0 Å². The van der Waals surface area contributed by atoms with E-state index in [9.17, 15) is 18.0 Å². The van der Waals surface area contributed by atoms with Gasteiger partial charge in [0.25, 0.3) is 5.91 Å². The average molecular weight is 571 g/mol. The fourth-order valence-corrected chi connectivity index (χ4v) is 5.32. The van der Waals surface area contributed by atoms with Gasteiger partial charge in [-0.25, -0.2) is 13.4 Å². The average Bonchev–Trinajstić information content (AvgIpc) is 2.92. The smallest absolute Gasteiger partial charge is 0.251 e. The maximum Gasteiger partial charge on any atom is 0.251 e. The van der Waals surface area contributed by atoms with Gasteiger partial charge in [0.15, 0.2) is 9.84 Å². The third kappa shape index (κ3) is 7.70. The van der Waals surface area contributed by atoms with Crippen LogP contribution in [-0.4, -0.2) is 57.7 Å². The van der Waals surface area contributed by atoms with Crippen LogP contribution in [0.4, 0.5) is 5.82 Å². The minimum Gasteiger partial charge on any atom is -0.497 e. The Bertz CT molecular complexity index is 1430. The van der Waals surface area contributed by atoms with Crippen LogP contribution in [0.25, 0.3) is 0 Å². The van der Waals surface area contributed by atoms with Crippen molar-refractivity contribution in [1.82, 2.24) is 15.6 Å². The topological polar surface area (TPSA) is 118 Å². The molecule has 1 aliphatic rings. The zero-order valence-electron chi connectivity index (χ0n) is 21.8. The highest BCUT2D eigenvalue weighted by Gasteiger charge is 2.33. The van der Waals surface area contributed by atoms with Crippen molar-refractivity contribution in [2.45, 2.75) is 30.3 Å². The summed E-state index contributed by atoms with van der Waals surface area (Å²) in [5, 5.41) is 6.50. The molecule has 2 aromatic carbocycles. The number of hydrogen-bond acceptors (Lipinski definition) is 7. The molecule has 3 aromatic rings. The Labute approximate surface area is 233 Å². The number of nitrogens with one attached hydrogen (secondary N) is 2. The molecular weight excluding hydrogens is 540 g/mol. The molecule has 1 fully saturated rings. The number of nitrogens with zero attached hydrogens (tertiary/aromatic N) is 2. The molecule has 206 valence electrons. The summed E-state index contributed by atoms with van der Waals surface area (Å²) in [6, 6.07) is 17.0. The van der Waals surface area contributed by atoms with Crippen molar-refractivity contribution in [2.24, 2.45) is 5.92 Å². The molecule has 2 atom stereocenters. The lowest BCUT2D eigenvalue weighted by Gasteiger charge is -2.39. The van der Waals surface area contributed by atoms with Gasteiger partial charge in [-0.3, -0.25) is 9.59 Å². The molecule has 1 aliphatic heterocycles. The molecule has 9 nitrogen and oxygen atoms in total. The van der Waals surface area contributed by atoms with Crippen LogP contribution in [0.3, 0.4) is 0 Å². The molecule has 0 saturated carbocycles. The van der Waals surface area contributed by atoms with Gasteiger partial charge in [0.2, 0.25) is 5.91 Å². The van der Waals surface area contributed by atoms with Gasteiger partial charge in [-0.1, -0.05) is 29.8 Å². The molecule has 0 aliphatic carbocycles. The number of piperidine rings is 1. The number of amides is 2. The number of methoxy groups -OCH3 is 1. The Morgan fingerprint density at radius 3 is 2.62 bits per heavy atom. The second-order valence-electron chi connectivity index (χ2n) is 9.54. The second-order valence-corrected chi connectivity index (χ2v) is 12.0. The summed E-state index contributed by atoms with van der Waals surface area (Å²) < 4.78 is 28.9. The molecule has 1 aromatic heterocycles. The number of anilines is 1. The van der Waals surface area contributed by atoms with E-state index in [0.717, 1.165) is 17.6 Å². The maximum atomic E-state index is 13.1. The van der Waals surface area contributed by atoms with E-state index in [2.05, 4.69) is 15.6 Å². The third-order valence-corrected chi connectivity index (χ3v) is 8.04. The van der Waals surface area contributed by atoms with Crippen molar-refractivity contribution < 1.29 is 22.7 Å². The first-order valence-electron chi connectivity index (χ1n) is 12.5. The molecule has 11 heteroatoms. The number of rotatable bonds is 9. The first-order chi connectivity index (χ1) is 18.6. The standard InChI is InChI=1S/C28H31ClN4O5S/c1-38-23-8-3-5-19(13-23)16-31-27(34)15-20-11-12-33(26-10-9-24(17-30-26)39(2,36)37)18-25(20)32-28(35)21-6-4-7-22(29)14-21/h3-10,13-14,17,20,25H,11-12,15-16,18H2,1-2H3,(H,31,34)(H,32,35). The molecule has 0 radical (unpaired) electrons. The first-order valence-corrected chi connectivity index (χ1v) is 14.8. The summed E-state index contributed by atoms with van der Waals surface area (Å²) in [5.41, 5.74) is 1.35. The van der Waals surface area contributed by atoms with Gasteiger partial charge in [0, 0.05) is 49.1 Å². The van der Waals surface area contributed by atoms with Gasteiger partial charge in [-0.2, -0.15) is 0 Å². The fourth-order valence-electron chi connectivity index (χ4n) is 4.57. The number of carbonyl (C=O) groups is 2. The number of hydrogen-bond donors (Lipinski definition) is 2. The Morgan fingerprint density at radius 2 is 1.92 bits per heavy atom. The van der Waals surface area contributed by atoms with Crippen LogP contribution >= 0.6 is 11.6 Å². The van der Waals surface area contributed by atoms with Gasteiger partial charge in [0.1, 0.15) is 11.6 Å². The van der Waals surface area contributed by atoms with Gasteiger partial charge in [-0.05, 0) is 60.4 Å². The van der Waals surface area contributed by atoms with E-state index in [4.69, 9.17) is 16.3 Å². The normalized spacial score (nSPS) is 17.4. The van der Waals surface area contributed by atoms with Crippen molar-refractivity contribution in [3.63, 3.8) is 0 Å². The highest BCUT2D eigenvalue weighted by atomic mass is 35.5. The third-order valence-electron chi connectivity index (χ3n) is 6.70. The molecule has 39 heavy (non-hydrogen) atoms. The Kier molecular flexibility index (Phi) is 9.08. The Hall–Kier alpha value is -3.63. The van der Waals surface area contributed by atoms with E-state index < -0.39 is 9.84 Å². The number of ether oxygens (including phenoxy) is 1. The van der Waals surface area contributed by atoms with Crippen LogP contribution in [0.15, 0.2) is 71.8 Å². The van der Waals surface area contributed by atoms with Gasteiger partial charge >= 0.3 is 0 Å². The van der Waals surface area contributed by atoms with Gasteiger partial charge < -0.3 is 20.3 Å². The van der Waals surface area contributed by atoms with Crippen LogP contribution in [0.2, 0.25) is 5.02 Å². The molecular formula is C28H31ClN4O5S. The molecule has 0 spiro atoms. The van der Waals surface area contributed by atoms with Crippen LogP contribution in [-0.2, 0) is 21.2 Å². The summed E-state index contributed by atoms with van der Waals surface area (Å²) in [4.78, 5) is 32.5. The summed E-state index contributed by atoms with van der Waals surface area (Å²) in [7, 11) is -1.77. The highest BCUT2D eigenvalue weighted by Crippen LogP contribution is 2.26. The molecule has 1 saturated heterocycles. The highest BCUT2D eigenvalue weighted by molar-refractivity contribution is 7.90. The van der Waals surface area contributed by atoms with Crippen LogP contribution in [0.5, 0.6) is 5.75 Å². The van der Waals surface area contributed by atoms with Crippen LogP contribution in [0, 0.1) is 5.92 Å². The lowest BCUT2D eigenvalue weighted by Crippen LogP contribution is -2.53. The number of sulfone groups is 1. The summed E-state index contributed by atoms with van der Waals surface area (Å²) in [5.74, 6) is 0.798. The number of pyridine rings is 1. The lowest BCUT2D eigenvalue weighted by molar-refractivity contribution is -0.122. The van der Waals surface area contributed by atoms with Crippen LogP contribution < -0.4 is 20.3 Å². The minimum atomic E-state index is -3.36. The van der Waals surface area contributed by atoms with E-state index in [1.165, 1.54) is 12.3 Å². The fraction of sp³-hybridized carbons (Fsp3) is 0.321. The van der Waals surface area contributed by atoms with Crippen molar-refractivity contribution in [2.75, 3.05) is 31.4 Å². The number of carbonyl (C=O) groups excluding carboxylic acids is 2. The van der Waals surface area contributed by atoms with Crippen molar-refractivity contribution >= 4 is 39.1 Å². The molecule has 2 heterocycles. The largest absolute Gasteiger partial charge is 0.497 e. The number of benzene rings is 2. The number of halogens is 1. The van der Waals surface area contributed by atoms with E-state index in [0.29, 0.717) is 42.5 Å². The van der Waals surface area contributed by atoms with Crippen molar-refractivity contribution in [3.8, 4) is 5.75 Å². The molecule has 2 N–H and O–H groups in total. The molecule has 2 amide bonds. The SMILES string of the molecule is COc1cccc(CNC(=O)CC2CCN(c3ccc(S(C)(=O)=O)cn3)CC2NC(=O)c2cccc(Cl)c2)c1. The van der Waals surface area contributed by atoms with E-state index >= 15 is 0 Å². The van der Waals surface area contributed by atoms with Crippen LogP contribution in [0.1, 0.15) is 28.8 Å². The molecule has 0 bridgehead atoms. The summed E-state index contributed by atoms with van der Waals surface area (Å²) in [6.07, 6.45) is 3.33. The second kappa shape index (κ2) is 12.5. The Balaban J connectivity index is 1.47. The van der Waals surface area contributed by atoms with Gasteiger partial charge in [-0.15, -0.1) is 0 Å². The lowest BCUT2D eigenvalue weighted by atomic mass is 9.88. The Morgan fingerprint density at radius 1 is 1.13 bits per heavy atom. The molecule has 2 unspecified atom stereocenters. The quantitative estimate of drug-likeness (QED) is 0.404. The molecule has 4 rings (SSSR count). The summed E-state index contributed by atoms with van der Waals surface area (Å²) in [6.45, 7) is 1.37. The van der Waals surface area contributed by atoms with Crippen molar-refractivity contribution in [3.05, 3.63) is 83.0 Å². The zero-order chi connectivity index (χ0) is 28.0. The zero-order valence-corrected chi connectivity index (χ0v) is 23.3. The predicted octanol–water partition coefficient (Wildman–Crippen LogP) is 3.48. The van der Waals surface area contributed by atoms with Crippen molar-refractivity contribution in [1.29, 1.82) is 0 Å². The van der Waals surface area contributed by atoms with E-state index in [-0.39, 0.29) is 35.1 Å². The first kappa shape index (κ1) is 28.4. The maximum absolute atomic E-state index is 13.1. The predicted molar refractivity (Wildman–Crippen MR) is 150 cm³/mol. The summed E-state index contributed by atoms with van der Waals surface area (Å²) >= 11 is 6.08. The number of aromatic nitrogens is 1. The monoisotopic (exact) mass is 570 g/mol. The minimum absolute atomic E-state index is 0.117.